The smallest absolute Gasteiger partial charge is 0.261 e. The van der Waals surface area contributed by atoms with Crippen LogP contribution in [-0.4, -0.2) is 19.3 Å². The lowest BCUT2D eigenvalue weighted by atomic mass is 10.0. The number of aryl methyl sites for hydroxylation is 1. The van der Waals surface area contributed by atoms with Gasteiger partial charge in [0.15, 0.2) is 0 Å². The molecule has 0 radical (unpaired) electrons. The quantitative estimate of drug-likeness (QED) is 0.643. The Morgan fingerprint density at radius 1 is 1.00 bits per heavy atom. The van der Waals surface area contributed by atoms with E-state index in [-0.39, 0.29) is 10.8 Å². The zero-order chi connectivity index (χ0) is 20.3. The Bertz CT molecular complexity index is 1130. The maximum Gasteiger partial charge on any atom is 0.261 e. The number of benzene rings is 2. The van der Waals surface area contributed by atoms with Crippen molar-refractivity contribution in [2.45, 2.75) is 18.7 Å². The van der Waals surface area contributed by atoms with Crippen LogP contribution in [0.5, 0.6) is 0 Å². The number of nitrogens with one attached hydrogen (secondary N) is 2. The highest BCUT2D eigenvalue weighted by atomic mass is 35.5. The van der Waals surface area contributed by atoms with Gasteiger partial charge in [0.2, 0.25) is 5.91 Å². The minimum absolute atomic E-state index is 0.121. The summed E-state index contributed by atoms with van der Waals surface area (Å²) < 4.78 is 28.0. The monoisotopic (exact) mass is 415 g/mol. The molecule has 0 atom stereocenters. The Kier molecular flexibility index (Phi) is 5.67. The fourth-order valence-corrected chi connectivity index (χ4v) is 3.85. The molecule has 0 aliphatic carbocycles. The van der Waals surface area contributed by atoms with Gasteiger partial charge in [0.25, 0.3) is 10.0 Å². The normalized spacial score (nSPS) is 11.1. The number of hydrogen-bond donors (Lipinski definition) is 2. The Balaban J connectivity index is 1.94. The molecule has 0 bridgehead atoms. The van der Waals surface area contributed by atoms with Gasteiger partial charge in [-0.3, -0.25) is 14.5 Å². The van der Waals surface area contributed by atoms with Crippen LogP contribution in [0.3, 0.4) is 0 Å². The molecular formula is C20H18ClN3O3S. The second-order valence-corrected chi connectivity index (χ2v) is 8.35. The fraction of sp³-hybridized carbons (Fsp3) is 0.100. The first-order valence-corrected chi connectivity index (χ1v) is 10.2. The van der Waals surface area contributed by atoms with Crippen molar-refractivity contribution >= 4 is 38.9 Å². The standard InChI is InChI=1S/C20H18ClN3O3S/c1-13-3-4-15(16-9-18(12-22-11-16)23-14(2)25)10-20(13)24-28(26,27)19-7-5-17(21)6-8-19/h3-12,24H,1-2H3,(H,23,25). The number of anilines is 2. The summed E-state index contributed by atoms with van der Waals surface area (Å²) >= 11 is 5.83. The van der Waals surface area contributed by atoms with E-state index >= 15 is 0 Å². The first kappa shape index (κ1) is 19.9. The van der Waals surface area contributed by atoms with E-state index in [0.717, 1.165) is 16.7 Å². The minimum atomic E-state index is -3.76. The Morgan fingerprint density at radius 3 is 2.39 bits per heavy atom. The van der Waals surface area contributed by atoms with Gasteiger partial charge in [-0.05, 0) is 54.4 Å². The molecule has 3 rings (SSSR count). The average Bonchev–Trinajstić information content (AvgIpc) is 2.63. The van der Waals surface area contributed by atoms with Crippen LogP contribution in [0.1, 0.15) is 12.5 Å². The van der Waals surface area contributed by atoms with E-state index in [2.05, 4.69) is 15.0 Å². The summed E-state index contributed by atoms with van der Waals surface area (Å²) in [6, 6.07) is 13.1. The number of carbonyl (C=O) groups excluding carboxylic acids is 1. The molecule has 1 amide bonds. The van der Waals surface area contributed by atoms with Crippen LogP contribution in [0.25, 0.3) is 11.1 Å². The third-order valence-corrected chi connectivity index (χ3v) is 5.63. The predicted octanol–water partition coefficient (Wildman–Crippen LogP) is 4.47. The number of rotatable bonds is 5. The SMILES string of the molecule is CC(=O)Nc1cncc(-c2ccc(C)c(NS(=O)(=O)c3ccc(Cl)cc3)c2)c1. The first-order valence-electron chi connectivity index (χ1n) is 8.37. The highest BCUT2D eigenvalue weighted by Gasteiger charge is 2.16. The second-order valence-electron chi connectivity index (χ2n) is 6.23. The van der Waals surface area contributed by atoms with Crippen LogP contribution in [0.4, 0.5) is 11.4 Å². The maximum absolute atomic E-state index is 12.7. The van der Waals surface area contributed by atoms with Gasteiger partial charge < -0.3 is 5.32 Å². The summed E-state index contributed by atoms with van der Waals surface area (Å²) in [7, 11) is -3.76. The molecule has 6 nitrogen and oxygen atoms in total. The van der Waals surface area contributed by atoms with Crippen molar-refractivity contribution in [2.24, 2.45) is 0 Å². The summed E-state index contributed by atoms with van der Waals surface area (Å²) in [6.07, 6.45) is 3.19. The zero-order valence-electron chi connectivity index (χ0n) is 15.2. The van der Waals surface area contributed by atoms with E-state index in [1.54, 1.807) is 24.5 Å². The van der Waals surface area contributed by atoms with Crippen molar-refractivity contribution in [3.8, 4) is 11.1 Å². The van der Waals surface area contributed by atoms with Gasteiger partial charge in [-0.1, -0.05) is 23.7 Å². The number of nitrogens with zero attached hydrogens (tertiary/aromatic N) is 1. The molecule has 2 aromatic carbocycles. The summed E-state index contributed by atoms with van der Waals surface area (Å²) in [6.45, 7) is 3.23. The van der Waals surface area contributed by atoms with Gasteiger partial charge >= 0.3 is 0 Å². The molecule has 28 heavy (non-hydrogen) atoms. The Labute approximate surface area is 168 Å². The van der Waals surface area contributed by atoms with Gasteiger partial charge in [0.1, 0.15) is 0 Å². The average molecular weight is 416 g/mol. The third kappa shape index (κ3) is 4.68. The van der Waals surface area contributed by atoms with Crippen molar-refractivity contribution in [2.75, 3.05) is 10.0 Å². The molecule has 0 aliphatic rings. The van der Waals surface area contributed by atoms with E-state index in [4.69, 9.17) is 11.6 Å². The van der Waals surface area contributed by atoms with Crippen LogP contribution in [0.15, 0.2) is 65.8 Å². The topological polar surface area (TPSA) is 88.2 Å². The van der Waals surface area contributed by atoms with Crippen LogP contribution >= 0.6 is 11.6 Å². The van der Waals surface area contributed by atoms with Crippen molar-refractivity contribution in [1.82, 2.24) is 4.98 Å². The second kappa shape index (κ2) is 8.00. The molecule has 0 unspecified atom stereocenters. The van der Waals surface area contributed by atoms with Crippen LogP contribution in [0, 0.1) is 6.92 Å². The van der Waals surface area contributed by atoms with E-state index in [0.29, 0.717) is 16.4 Å². The van der Waals surface area contributed by atoms with E-state index in [9.17, 15) is 13.2 Å². The minimum Gasteiger partial charge on any atom is -0.325 e. The molecule has 0 aliphatic heterocycles. The molecule has 1 aromatic heterocycles. The lowest BCUT2D eigenvalue weighted by Gasteiger charge is -2.13. The molecule has 8 heteroatoms. The van der Waals surface area contributed by atoms with E-state index in [1.807, 2.05) is 19.1 Å². The number of hydrogen-bond acceptors (Lipinski definition) is 4. The zero-order valence-corrected chi connectivity index (χ0v) is 16.8. The Hall–Kier alpha value is -2.90. The summed E-state index contributed by atoms with van der Waals surface area (Å²) in [5.41, 5.74) is 3.30. The number of amides is 1. The predicted molar refractivity (Wildman–Crippen MR) is 111 cm³/mol. The highest BCUT2D eigenvalue weighted by molar-refractivity contribution is 7.92. The van der Waals surface area contributed by atoms with Gasteiger partial charge in [-0.25, -0.2) is 8.42 Å². The van der Waals surface area contributed by atoms with Crippen molar-refractivity contribution < 1.29 is 13.2 Å². The lowest BCUT2D eigenvalue weighted by Crippen LogP contribution is -2.13. The first-order chi connectivity index (χ1) is 13.2. The van der Waals surface area contributed by atoms with Gasteiger partial charge in [-0.2, -0.15) is 0 Å². The van der Waals surface area contributed by atoms with Crippen molar-refractivity contribution in [1.29, 1.82) is 0 Å². The van der Waals surface area contributed by atoms with Crippen LogP contribution < -0.4 is 10.0 Å². The fourth-order valence-electron chi connectivity index (χ4n) is 2.60. The molecule has 1 heterocycles. The molecule has 2 N–H and O–H groups in total. The third-order valence-electron chi connectivity index (χ3n) is 4.00. The lowest BCUT2D eigenvalue weighted by molar-refractivity contribution is -0.114. The molecule has 144 valence electrons. The van der Waals surface area contributed by atoms with E-state index < -0.39 is 10.0 Å². The number of pyridine rings is 1. The molecular weight excluding hydrogens is 398 g/mol. The van der Waals surface area contributed by atoms with E-state index in [1.165, 1.54) is 31.2 Å². The maximum atomic E-state index is 12.7. The molecule has 0 fully saturated rings. The number of carbonyl (C=O) groups is 1. The number of sulfonamides is 1. The Morgan fingerprint density at radius 2 is 1.71 bits per heavy atom. The summed E-state index contributed by atoms with van der Waals surface area (Å²) in [5, 5.41) is 3.14. The van der Waals surface area contributed by atoms with Gasteiger partial charge in [0.05, 0.1) is 22.5 Å². The van der Waals surface area contributed by atoms with Crippen LogP contribution in [0.2, 0.25) is 5.02 Å². The molecule has 0 saturated carbocycles. The molecule has 3 aromatic rings. The molecule has 0 saturated heterocycles. The van der Waals surface area contributed by atoms with Gasteiger partial charge in [0, 0.05) is 23.7 Å². The molecule has 0 spiro atoms. The number of halogens is 1. The van der Waals surface area contributed by atoms with Crippen molar-refractivity contribution in [3.05, 3.63) is 71.5 Å². The van der Waals surface area contributed by atoms with Crippen LogP contribution in [-0.2, 0) is 14.8 Å². The summed E-state index contributed by atoms with van der Waals surface area (Å²) in [4.78, 5) is 15.5. The number of aromatic nitrogens is 1. The summed E-state index contributed by atoms with van der Waals surface area (Å²) in [5.74, 6) is -0.195. The van der Waals surface area contributed by atoms with Gasteiger partial charge in [-0.15, -0.1) is 0 Å². The van der Waals surface area contributed by atoms with Crippen molar-refractivity contribution in [3.63, 3.8) is 0 Å². The highest BCUT2D eigenvalue weighted by Crippen LogP contribution is 2.28. The largest absolute Gasteiger partial charge is 0.325 e.